The fraction of sp³-hybridized carbons (Fsp3) is 0.700. The van der Waals surface area contributed by atoms with E-state index < -0.39 is 15.1 Å². The highest BCUT2D eigenvalue weighted by Crippen LogP contribution is 2.13. The maximum Gasteiger partial charge on any atom is 0.151 e. The predicted octanol–water partition coefficient (Wildman–Crippen LogP) is 1.02. The Morgan fingerprint density at radius 3 is 2.56 bits per heavy atom. The third-order valence-corrected chi connectivity index (χ3v) is 5.21. The molecule has 1 rings (SSSR count). The third-order valence-electron chi connectivity index (χ3n) is 2.71. The number of nitrogens with one attached hydrogen (secondary N) is 1. The van der Waals surface area contributed by atoms with Gasteiger partial charge in [0.15, 0.2) is 9.84 Å². The molecular weight excluding hydrogens is 244 g/mol. The van der Waals surface area contributed by atoms with Crippen molar-refractivity contribution in [3.8, 4) is 0 Å². The normalized spacial score (nSPS) is 16.0. The highest BCUT2D eigenvalue weighted by atomic mass is 32.2. The smallest absolute Gasteiger partial charge is 0.151 e. The summed E-state index contributed by atoms with van der Waals surface area (Å²) in [6.07, 6.45) is 1.92. The van der Waals surface area contributed by atoms with Crippen LogP contribution in [0.2, 0.25) is 0 Å². The summed E-state index contributed by atoms with van der Waals surface area (Å²) >= 11 is 1.59. The van der Waals surface area contributed by atoms with E-state index in [-0.39, 0.29) is 6.04 Å². The van der Waals surface area contributed by atoms with Crippen LogP contribution in [-0.4, -0.2) is 38.0 Å². The van der Waals surface area contributed by atoms with Crippen LogP contribution in [0.1, 0.15) is 17.6 Å². The molecule has 1 aromatic heterocycles. The van der Waals surface area contributed by atoms with Crippen LogP contribution in [0.15, 0.2) is 5.38 Å². The van der Waals surface area contributed by atoms with Crippen molar-refractivity contribution in [2.24, 2.45) is 0 Å². The third kappa shape index (κ3) is 3.54. The minimum Gasteiger partial charge on any atom is -0.315 e. The number of rotatable bonds is 5. The van der Waals surface area contributed by atoms with Crippen LogP contribution in [0, 0.1) is 6.92 Å². The summed E-state index contributed by atoms with van der Waals surface area (Å²) in [4.78, 5) is 4.35. The number of nitrogens with zero attached hydrogens (tertiary/aromatic N) is 1. The van der Waals surface area contributed by atoms with Crippen LogP contribution in [0.25, 0.3) is 0 Å². The maximum atomic E-state index is 11.5. The average Bonchev–Trinajstić information content (AvgIpc) is 2.58. The summed E-state index contributed by atoms with van der Waals surface area (Å²) in [5.41, 5.74) is 0.956. The zero-order valence-electron chi connectivity index (χ0n) is 10.0. The molecule has 16 heavy (non-hydrogen) atoms. The summed E-state index contributed by atoms with van der Waals surface area (Å²) in [6, 6.07) is -0.0866. The lowest BCUT2D eigenvalue weighted by Crippen LogP contribution is -2.42. The van der Waals surface area contributed by atoms with E-state index in [0.29, 0.717) is 6.42 Å². The molecule has 92 valence electrons. The summed E-state index contributed by atoms with van der Waals surface area (Å²) in [6.45, 7) is 3.68. The van der Waals surface area contributed by atoms with E-state index in [9.17, 15) is 8.42 Å². The Bertz CT molecular complexity index is 439. The predicted molar refractivity (Wildman–Crippen MR) is 67.7 cm³/mol. The largest absolute Gasteiger partial charge is 0.315 e. The van der Waals surface area contributed by atoms with Gasteiger partial charge in [-0.2, -0.15) is 0 Å². The quantitative estimate of drug-likeness (QED) is 0.860. The Morgan fingerprint density at radius 2 is 2.19 bits per heavy atom. The van der Waals surface area contributed by atoms with Gasteiger partial charge in [-0.1, -0.05) is 0 Å². The first-order valence-corrected chi connectivity index (χ1v) is 7.95. The molecule has 4 nitrogen and oxygen atoms in total. The number of hydrogen-bond donors (Lipinski definition) is 1. The van der Waals surface area contributed by atoms with Crippen molar-refractivity contribution >= 4 is 21.2 Å². The summed E-state index contributed by atoms with van der Waals surface area (Å²) in [7, 11) is -1.23. The summed E-state index contributed by atoms with van der Waals surface area (Å²) in [5, 5.41) is 5.64. The van der Waals surface area contributed by atoms with Crippen LogP contribution in [0.5, 0.6) is 0 Å². The van der Waals surface area contributed by atoms with Crippen molar-refractivity contribution in [3.63, 3.8) is 0 Å². The van der Waals surface area contributed by atoms with E-state index in [1.54, 1.807) is 25.3 Å². The minimum absolute atomic E-state index is 0.0866. The van der Waals surface area contributed by atoms with E-state index in [1.807, 2.05) is 12.3 Å². The molecule has 0 fully saturated rings. The topological polar surface area (TPSA) is 59.1 Å². The van der Waals surface area contributed by atoms with E-state index >= 15 is 0 Å². The Morgan fingerprint density at radius 1 is 1.56 bits per heavy atom. The van der Waals surface area contributed by atoms with Crippen molar-refractivity contribution in [1.29, 1.82) is 0 Å². The lowest BCUT2D eigenvalue weighted by molar-refractivity contribution is 0.513. The summed E-state index contributed by atoms with van der Waals surface area (Å²) in [5.74, 6) is 0. The second-order valence-electron chi connectivity index (χ2n) is 3.99. The van der Waals surface area contributed by atoms with Crippen LogP contribution >= 0.6 is 11.3 Å². The molecule has 0 spiro atoms. The van der Waals surface area contributed by atoms with Gasteiger partial charge < -0.3 is 5.32 Å². The number of likely N-dealkylation sites (N-methyl/N-ethyl adjacent to an activating group) is 1. The Hall–Kier alpha value is -0.460. The molecular formula is C10H18N2O2S2. The number of sulfone groups is 1. The van der Waals surface area contributed by atoms with E-state index in [4.69, 9.17) is 0 Å². The van der Waals surface area contributed by atoms with Crippen LogP contribution < -0.4 is 5.32 Å². The van der Waals surface area contributed by atoms with Crippen molar-refractivity contribution in [2.45, 2.75) is 31.6 Å². The highest BCUT2D eigenvalue weighted by Gasteiger charge is 2.25. The molecule has 0 aliphatic carbocycles. The SMILES string of the molecule is CNC(Cc1csc(C)n1)C(C)S(C)(=O)=O. The van der Waals surface area contributed by atoms with Gasteiger partial charge in [0.1, 0.15) is 0 Å². The van der Waals surface area contributed by atoms with Gasteiger partial charge in [-0.3, -0.25) is 0 Å². The van der Waals surface area contributed by atoms with E-state index in [2.05, 4.69) is 10.3 Å². The first kappa shape index (κ1) is 13.6. The Labute approximate surface area is 101 Å². The molecule has 2 unspecified atom stereocenters. The number of aromatic nitrogens is 1. The molecule has 1 aromatic rings. The van der Waals surface area contributed by atoms with Gasteiger partial charge in [0.2, 0.25) is 0 Å². The zero-order chi connectivity index (χ0) is 12.3. The standard InChI is InChI=1S/C10H18N2O2S2/c1-7(16(4,13)14)10(11-3)5-9-6-15-8(2)12-9/h6-7,10-11H,5H2,1-4H3. The van der Waals surface area contributed by atoms with Crippen molar-refractivity contribution in [3.05, 3.63) is 16.1 Å². The molecule has 0 aliphatic heterocycles. The van der Waals surface area contributed by atoms with E-state index in [1.165, 1.54) is 6.26 Å². The highest BCUT2D eigenvalue weighted by molar-refractivity contribution is 7.91. The molecule has 0 saturated heterocycles. The fourth-order valence-corrected chi connectivity index (χ4v) is 2.98. The average molecular weight is 262 g/mol. The lowest BCUT2D eigenvalue weighted by Gasteiger charge is -2.21. The molecule has 0 radical (unpaired) electrons. The zero-order valence-corrected chi connectivity index (χ0v) is 11.7. The van der Waals surface area contributed by atoms with Gasteiger partial charge in [-0.05, 0) is 20.9 Å². The first-order valence-electron chi connectivity index (χ1n) is 5.11. The van der Waals surface area contributed by atoms with Gasteiger partial charge in [0.05, 0.1) is 16.0 Å². The van der Waals surface area contributed by atoms with Gasteiger partial charge in [0.25, 0.3) is 0 Å². The fourth-order valence-electron chi connectivity index (χ4n) is 1.53. The number of thiazole rings is 1. The molecule has 6 heteroatoms. The lowest BCUT2D eigenvalue weighted by atomic mass is 10.1. The monoisotopic (exact) mass is 262 g/mol. The van der Waals surface area contributed by atoms with Gasteiger partial charge >= 0.3 is 0 Å². The molecule has 0 amide bonds. The second-order valence-corrected chi connectivity index (χ2v) is 7.46. The van der Waals surface area contributed by atoms with Gasteiger partial charge in [-0.25, -0.2) is 13.4 Å². The molecule has 0 aliphatic rings. The first-order chi connectivity index (χ1) is 7.34. The molecule has 2 atom stereocenters. The molecule has 1 N–H and O–H groups in total. The Kier molecular flexibility index (Phi) is 4.46. The van der Waals surface area contributed by atoms with Crippen LogP contribution in [0.4, 0.5) is 0 Å². The minimum atomic E-state index is -3.01. The number of hydrogen-bond acceptors (Lipinski definition) is 5. The van der Waals surface area contributed by atoms with Crippen molar-refractivity contribution in [2.75, 3.05) is 13.3 Å². The Balaban J connectivity index is 2.77. The molecule has 0 bridgehead atoms. The number of aryl methyl sites for hydroxylation is 1. The molecule has 0 aromatic carbocycles. The van der Waals surface area contributed by atoms with Gasteiger partial charge in [-0.15, -0.1) is 11.3 Å². The van der Waals surface area contributed by atoms with Crippen LogP contribution in [-0.2, 0) is 16.3 Å². The van der Waals surface area contributed by atoms with Crippen molar-refractivity contribution < 1.29 is 8.42 Å². The molecule has 1 heterocycles. The van der Waals surface area contributed by atoms with Crippen molar-refractivity contribution in [1.82, 2.24) is 10.3 Å². The second kappa shape index (κ2) is 5.25. The van der Waals surface area contributed by atoms with Crippen LogP contribution in [0.3, 0.4) is 0 Å². The summed E-state index contributed by atoms with van der Waals surface area (Å²) < 4.78 is 22.9. The maximum absolute atomic E-state index is 11.5. The van der Waals surface area contributed by atoms with Gasteiger partial charge in [0, 0.05) is 24.1 Å². The van der Waals surface area contributed by atoms with E-state index in [0.717, 1.165) is 10.7 Å². The molecule has 0 saturated carbocycles.